The van der Waals surface area contributed by atoms with Gasteiger partial charge in [-0.3, -0.25) is 9.59 Å². The molecule has 3 atom stereocenters. The summed E-state index contributed by atoms with van der Waals surface area (Å²) >= 11 is 1.08. The van der Waals surface area contributed by atoms with Crippen molar-refractivity contribution in [2.75, 3.05) is 25.0 Å². The van der Waals surface area contributed by atoms with Crippen LogP contribution in [0.4, 0.5) is 18.9 Å². The molecule has 2 N–H and O–H groups in total. The smallest absolute Gasteiger partial charge is 0.346 e. The molecule has 1 aromatic carbocycles. The van der Waals surface area contributed by atoms with Gasteiger partial charge in [-0.25, -0.2) is 4.98 Å². The van der Waals surface area contributed by atoms with Gasteiger partial charge in [0.05, 0.1) is 4.88 Å². The third-order valence-corrected chi connectivity index (χ3v) is 6.23. The Morgan fingerprint density at radius 2 is 2.00 bits per heavy atom. The number of hydrogen-bond donors (Lipinski definition) is 2. The summed E-state index contributed by atoms with van der Waals surface area (Å²) in [6.07, 6.45) is -1.44. The number of aromatic nitrogens is 1. The SMILES string of the molecule is O=C(NC1CC2CCN(C2)C1)c1ncc(-c2ccccc2NC(=O)C(F)(F)F)s1. The molecule has 154 valence electrons. The van der Waals surface area contributed by atoms with Crippen molar-refractivity contribution in [1.29, 1.82) is 0 Å². The average molecular weight is 424 g/mol. The van der Waals surface area contributed by atoms with Gasteiger partial charge < -0.3 is 15.5 Å². The maximum atomic E-state index is 12.6. The number of anilines is 1. The number of halogens is 3. The van der Waals surface area contributed by atoms with Crippen molar-refractivity contribution in [3.05, 3.63) is 35.5 Å². The molecule has 2 aromatic rings. The van der Waals surface area contributed by atoms with Crippen LogP contribution in [0.2, 0.25) is 0 Å². The van der Waals surface area contributed by atoms with Gasteiger partial charge in [0.15, 0.2) is 5.01 Å². The van der Waals surface area contributed by atoms with Gasteiger partial charge in [0.1, 0.15) is 0 Å². The summed E-state index contributed by atoms with van der Waals surface area (Å²) in [7, 11) is 0. The Morgan fingerprint density at radius 1 is 1.21 bits per heavy atom. The van der Waals surface area contributed by atoms with Crippen molar-refractivity contribution in [2.45, 2.75) is 25.1 Å². The van der Waals surface area contributed by atoms with E-state index in [4.69, 9.17) is 0 Å². The number of hydrogen-bond acceptors (Lipinski definition) is 5. The first-order valence-corrected chi connectivity index (χ1v) is 10.1. The summed E-state index contributed by atoms with van der Waals surface area (Å²) in [5.41, 5.74) is 0.394. The molecular weight excluding hydrogens is 405 g/mol. The fraction of sp³-hybridized carbons (Fsp3) is 0.421. The van der Waals surface area contributed by atoms with E-state index in [1.54, 1.807) is 12.1 Å². The van der Waals surface area contributed by atoms with Crippen LogP contribution in [0, 0.1) is 5.92 Å². The monoisotopic (exact) mass is 424 g/mol. The van der Waals surface area contributed by atoms with E-state index in [-0.39, 0.29) is 22.6 Å². The van der Waals surface area contributed by atoms with E-state index in [0.29, 0.717) is 16.4 Å². The predicted molar refractivity (Wildman–Crippen MR) is 103 cm³/mol. The number of amides is 2. The van der Waals surface area contributed by atoms with E-state index >= 15 is 0 Å². The van der Waals surface area contributed by atoms with Crippen LogP contribution in [-0.2, 0) is 4.79 Å². The van der Waals surface area contributed by atoms with Crippen molar-refractivity contribution >= 4 is 28.8 Å². The largest absolute Gasteiger partial charge is 0.471 e. The molecular formula is C19H19F3N4O2S. The van der Waals surface area contributed by atoms with Crippen LogP contribution in [0.5, 0.6) is 0 Å². The van der Waals surface area contributed by atoms with Crippen molar-refractivity contribution in [1.82, 2.24) is 15.2 Å². The van der Waals surface area contributed by atoms with Crippen molar-refractivity contribution in [3.8, 4) is 10.4 Å². The van der Waals surface area contributed by atoms with E-state index < -0.39 is 12.1 Å². The number of nitrogens with one attached hydrogen (secondary N) is 2. The Hall–Kier alpha value is -2.46. The zero-order valence-electron chi connectivity index (χ0n) is 15.3. The van der Waals surface area contributed by atoms with E-state index in [9.17, 15) is 22.8 Å². The van der Waals surface area contributed by atoms with Crippen LogP contribution in [0.15, 0.2) is 30.5 Å². The topological polar surface area (TPSA) is 74.3 Å². The first kappa shape index (κ1) is 19.8. The lowest BCUT2D eigenvalue weighted by Crippen LogP contribution is -2.46. The van der Waals surface area contributed by atoms with E-state index in [1.807, 2.05) is 5.32 Å². The van der Waals surface area contributed by atoms with Crippen LogP contribution >= 0.6 is 11.3 Å². The summed E-state index contributed by atoms with van der Waals surface area (Å²) in [5.74, 6) is -1.72. The predicted octanol–water partition coefficient (Wildman–Crippen LogP) is 3.13. The minimum Gasteiger partial charge on any atom is -0.346 e. The Labute approximate surface area is 169 Å². The number of carbonyl (C=O) groups excluding carboxylic acids is 2. The average Bonchev–Trinajstić information content (AvgIpc) is 3.28. The fourth-order valence-corrected chi connectivity index (χ4v) is 4.77. The Balaban J connectivity index is 1.48. The summed E-state index contributed by atoms with van der Waals surface area (Å²) in [6.45, 7) is 2.99. The molecule has 6 nitrogen and oxygen atoms in total. The lowest BCUT2D eigenvalue weighted by atomic mass is 9.97. The Kier molecular flexibility index (Phi) is 5.30. The molecule has 0 saturated carbocycles. The molecule has 4 rings (SSSR count). The third kappa shape index (κ3) is 4.43. The number of thiazole rings is 1. The van der Waals surface area contributed by atoms with E-state index in [2.05, 4.69) is 15.2 Å². The zero-order chi connectivity index (χ0) is 20.6. The first-order valence-electron chi connectivity index (χ1n) is 9.26. The van der Waals surface area contributed by atoms with Gasteiger partial charge in [-0.05, 0) is 31.4 Å². The second kappa shape index (κ2) is 7.75. The van der Waals surface area contributed by atoms with Gasteiger partial charge in [0, 0.05) is 36.6 Å². The maximum absolute atomic E-state index is 12.6. The minimum absolute atomic E-state index is 0.0158. The molecule has 10 heteroatoms. The highest BCUT2D eigenvalue weighted by Crippen LogP contribution is 2.33. The number of benzene rings is 1. The highest BCUT2D eigenvalue weighted by atomic mass is 32.1. The summed E-state index contributed by atoms with van der Waals surface area (Å²) in [4.78, 5) is 30.9. The zero-order valence-corrected chi connectivity index (χ0v) is 16.1. The standard InChI is InChI=1S/C19H19F3N4O2S/c20-19(21,22)18(28)25-14-4-2-1-3-13(14)15-8-23-17(29-15)16(27)24-12-7-11-5-6-26(9-11)10-12/h1-4,8,11-12H,5-7,9-10H2,(H,24,27)(H,25,28). The molecule has 1 aromatic heterocycles. The summed E-state index contributed by atoms with van der Waals surface area (Å²) in [6, 6.07) is 6.20. The number of para-hydroxylation sites is 1. The van der Waals surface area contributed by atoms with Crippen molar-refractivity contribution < 1.29 is 22.8 Å². The lowest BCUT2D eigenvalue weighted by molar-refractivity contribution is -0.167. The number of piperidine rings is 1. The first-order chi connectivity index (χ1) is 13.8. The molecule has 0 radical (unpaired) electrons. The number of nitrogens with zero attached hydrogens (tertiary/aromatic N) is 2. The summed E-state index contributed by atoms with van der Waals surface area (Å²) < 4.78 is 37.7. The van der Waals surface area contributed by atoms with Gasteiger partial charge in [0.2, 0.25) is 0 Å². The molecule has 2 aliphatic heterocycles. The van der Waals surface area contributed by atoms with Crippen LogP contribution in [-0.4, -0.2) is 53.6 Å². The van der Waals surface area contributed by atoms with Crippen molar-refractivity contribution in [3.63, 3.8) is 0 Å². The molecule has 0 aliphatic carbocycles. The molecule has 0 spiro atoms. The third-order valence-electron chi connectivity index (χ3n) is 5.20. The second-order valence-corrected chi connectivity index (χ2v) is 8.38. The molecule has 29 heavy (non-hydrogen) atoms. The lowest BCUT2D eigenvalue weighted by Gasteiger charge is -2.30. The van der Waals surface area contributed by atoms with Crippen LogP contribution in [0.1, 0.15) is 22.6 Å². The van der Waals surface area contributed by atoms with E-state index in [0.717, 1.165) is 43.8 Å². The number of fused-ring (bicyclic) bond motifs is 2. The van der Waals surface area contributed by atoms with Gasteiger partial charge in [0.25, 0.3) is 5.91 Å². The van der Waals surface area contributed by atoms with Gasteiger partial charge in [-0.1, -0.05) is 18.2 Å². The minimum atomic E-state index is -4.98. The van der Waals surface area contributed by atoms with Crippen LogP contribution in [0.3, 0.4) is 0 Å². The fourth-order valence-electron chi connectivity index (χ4n) is 3.92. The highest BCUT2D eigenvalue weighted by molar-refractivity contribution is 7.17. The molecule has 2 amide bonds. The molecule has 2 fully saturated rings. The van der Waals surface area contributed by atoms with Crippen molar-refractivity contribution in [2.24, 2.45) is 5.92 Å². The number of alkyl halides is 3. The molecule has 2 aliphatic rings. The molecule has 2 saturated heterocycles. The highest BCUT2D eigenvalue weighted by Gasteiger charge is 2.39. The number of carbonyl (C=O) groups is 2. The van der Waals surface area contributed by atoms with Crippen LogP contribution < -0.4 is 10.6 Å². The molecule has 3 heterocycles. The Bertz CT molecular complexity index is 918. The van der Waals surface area contributed by atoms with Crippen LogP contribution in [0.25, 0.3) is 10.4 Å². The quantitative estimate of drug-likeness (QED) is 0.791. The second-order valence-electron chi connectivity index (χ2n) is 7.35. The maximum Gasteiger partial charge on any atom is 0.471 e. The molecule has 2 bridgehead atoms. The number of rotatable bonds is 4. The normalized spacial score (nSPS) is 23.6. The van der Waals surface area contributed by atoms with Gasteiger partial charge in [-0.2, -0.15) is 13.2 Å². The molecule has 3 unspecified atom stereocenters. The van der Waals surface area contributed by atoms with Gasteiger partial charge in [-0.15, -0.1) is 11.3 Å². The summed E-state index contributed by atoms with van der Waals surface area (Å²) in [5, 5.41) is 5.14. The van der Waals surface area contributed by atoms with E-state index in [1.165, 1.54) is 18.3 Å². The van der Waals surface area contributed by atoms with Gasteiger partial charge >= 0.3 is 12.1 Å². The Morgan fingerprint density at radius 3 is 2.76 bits per heavy atom.